The minimum atomic E-state index is 0. The van der Waals surface area contributed by atoms with E-state index in [0.717, 1.165) is 17.5 Å². The Morgan fingerprint density at radius 3 is 2.54 bits per heavy atom. The first-order chi connectivity index (χ1) is 12.4. The lowest BCUT2D eigenvalue weighted by Crippen LogP contribution is -2.24. The monoisotopic (exact) mass is 361 g/mol. The molecule has 0 aliphatic heterocycles. The van der Waals surface area contributed by atoms with Crippen molar-refractivity contribution in [2.24, 2.45) is 0 Å². The van der Waals surface area contributed by atoms with Gasteiger partial charge in [0, 0.05) is 0 Å². The van der Waals surface area contributed by atoms with Crippen LogP contribution >= 0.6 is 0 Å². The summed E-state index contributed by atoms with van der Waals surface area (Å²) in [6.45, 7) is 6.25. The van der Waals surface area contributed by atoms with Crippen LogP contribution in [0.2, 0.25) is 0 Å². The molecular formula is C22H39N3O. The van der Waals surface area contributed by atoms with E-state index in [-0.39, 0.29) is 13.7 Å². The number of hydrogen-bond donors (Lipinski definition) is 0. The van der Waals surface area contributed by atoms with Crippen molar-refractivity contribution in [3.05, 3.63) is 24.3 Å². The second kappa shape index (κ2) is 12.9. The molecule has 0 amide bonds. The van der Waals surface area contributed by atoms with Gasteiger partial charge in [0.2, 0.25) is 0 Å². The Balaban J connectivity index is 0.00000109. The molecule has 1 aliphatic carbocycles. The van der Waals surface area contributed by atoms with Crippen molar-refractivity contribution in [3.63, 3.8) is 0 Å². The van der Waals surface area contributed by atoms with Gasteiger partial charge in [0.15, 0.2) is 6.23 Å². The summed E-state index contributed by atoms with van der Waals surface area (Å²) in [5, 5.41) is 8.71. The molecule has 0 spiro atoms. The minimum absolute atomic E-state index is 0. The van der Waals surface area contributed by atoms with Crippen LogP contribution in [-0.4, -0.2) is 21.1 Å². The van der Waals surface area contributed by atoms with E-state index in [2.05, 4.69) is 29.4 Å². The molecule has 0 radical (unpaired) electrons. The standard InChI is InChI=1S/C19H29N3O.C2H6.CH4/c1-2-3-4-8-15-19(23-16-11-6-5-7-12-16)22-18-14-10-9-13-17(18)20-21-22;1-2;/h9-10,13-14,16,19H,2-8,11-12,15H2,1H3;1-2H3;1H4. The second-order valence-electron chi connectivity index (χ2n) is 6.72. The van der Waals surface area contributed by atoms with E-state index in [9.17, 15) is 0 Å². The fourth-order valence-corrected chi connectivity index (χ4v) is 3.52. The highest BCUT2D eigenvalue weighted by atomic mass is 16.5. The lowest BCUT2D eigenvalue weighted by Gasteiger charge is -2.28. The summed E-state index contributed by atoms with van der Waals surface area (Å²) in [6.07, 6.45) is 12.8. The normalized spacial score (nSPS) is 15.8. The van der Waals surface area contributed by atoms with Crippen molar-refractivity contribution in [1.82, 2.24) is 15.0 Å². The highest BCUT2D eigenvalue weighted by Gasteiger charge is 2.22. The molecule has 1 aromatic carbocycles. The van der Waals surface area contributed by atoms with Crippen LogP contribution in [0, 0.1) is 0 Å². The zero-order valence-corrected chi connectivity index (χ0v) is 16.3. The van der Waals surface area contributed by atoms with Crippen molar-refractivity contribution >= 4 is 11.0 Å². The Morgan fingerprint density at radius 1 is 1.08 bits per heavy atom. The van der Waals surface area contributed by atoms with Crippen LogP contribution in [0.25, 0.3) is 11.0 Å². The second-order valence-corrected chi connectivity index (χ2v) is 6.72. The van der Waals surface area contributed by atoms with Crippen LogP contribution in [0.1, 0.15) is 98.6 Å². The average molecular weight is 362 g/mol. The Labute approximate surface area is 160 Å². The van der Waals surface area contributed by atoms with Crippen LogP contribution in [-0.2, 0) is 4.74 Å². The van der Waals surface area contributed by atoms with Crippen LogP contribution in [0.5, 0.6) is 0 Å². The number of ether oxygens (including phenoxy) is 1. The Morgan fingerprint density at radius 2 is 1.81 bits per heavy atom. The van der Waals surface area contributed by atoms with Gasteiger partial charge >= 0.3 is 0 Å². The van der Waals surface area contributed by atoms with Gasteiger partial charge in [0.25, 0.3) is 0 Å². The molecule has 1 atom stereocenters. The molecule has 0 bridgehead atoms. The number of para-hydroxylation sites is 1. The molecule has 1 fully saturated rings. The Bertz CT molecular complexity index is 590. The van der Waals surface area contributed by atoms with Gasteiger partial charge in [-0.25, -0.2) is 4.68 Å². The predicted molar refractivity (Wildman–Crippen MR) is 111 cm³/mol. The van der Waals surface area contributed by atoms with Gasteiger partial charge in [-0.3, -0.25) is 0 Å². The lowest BCUT2D eigenvalue weighted by molar-refractivity contribution is -0.0773. The average Bonchev–Trinajstić information content (AvgIpc) is 3.11. The molecule has 2 aromatic rings. The zero-order chi connectivity index (χ0) is 17.9. The summed E-state index contributed by atoms with van der Waals surface area (Å²) in [5.41, 5.74) is 2.04. The van der Waals surface area contributed by atoms with Gasteiger partial charge in [-0.1, -0.05) is 84.1 Å². The van der Waals surface area contributed by atoms with Gasteiger partial charge in [-0.05, 0) is 37.8 Å². The van der Waals surface area contributed by atoms with Crippen LogP contribution < -0.4 is 0 Å². The van der Waals surface area contributed by atoms with Gasteiger partial charge in [0.05, 0.1) is 11.6 Å². The smallest absolute Gasteiger partial charge is 0.153 e. The molecular weight excluding hydrogens is 322 g/mol. The van der Waals surface area contributed by atoms with Gasteiger partial charge in [-0.2, -0.15) is 0 Å². The number of fused-ring (bicyclic) bond motifs is 1. The van der Waals surface area contributed by atoms with Crippen molar-refractivity contribution in [2.75, 3.05) is 0 Å². The van der Waals surface area contributed by atoms with Crippen molar-refractivity contribution < 1.29 is 4.74 Å². The SMILES string of the molecule is C.CC.CCCCCCC(OC1CCCCC1)n1nnc2ccccc21. The molecule has 1 saturated carbocycles. The number of benzene rings is 1. The zero-order valence-electron chi connectivity index (χ0n) is 16.3. The molecule has 4 nitrogen and oxygen atoms in total. The van der Waals surface area contributed by atoms with E-state index in [1.807, 2.05) is 30.7 Å². The molecule has 0 N–H and O–H groups in total. The van der Waals surface area contributed by atoms with Gasteiger partial charge in [-0.15, -0.1) is 5.10 Å². The number of rotatable bonds is 8. The summed E-state index contributed by atoms with van der Waals surface area (Å²) >= 11 is 0. The molecule has 1 heterocycles. The van der Waals surface area contributed by atoms with E-state index in [1.165, 1.54) is 57.8 Å². The molecule has 3 rings (SSSR count). The van der Waals surface area contributed by atoms with Gasteiger partial charge in [0.1, 0.15) is 5.52 Å². The van der Waals surface area contributed by atoms with E-state index in [1.54, 1.807) is 0 Å². The van der Waals surface area contributed by atoms with Crippen LogP contribution in [0.4, 0.5) is 0 Å². The summed E-state index contributed by atoms with van der Waals surface area (Å²) < 4.78 is 8.49. The number of nitrogens with zero attached hydrogens (tertiary/aromatic N) is 3. The maximum absolute atomic E-state index is 6.48. The van der Waals surface area contributed by atoms with Gasteiger partial charge < -0.3 is 4.74 Å². The summed E-state index contributed by atoms with van der Waals surface area (Å²) in [6, 6.07) is 8.18. The van der Waals surface area contributed by atoms with Crippen molar-refractivity contribution in [3.8, 4) is 0 Å². The van der Waals surface area contributed by atoms with Crippen molar-refractivity contribution in [2.45, 2.75) is 105 Å². The van der Waals surface area contributed by atoms with E-state index in [4.69, 9.17) is 4.74 Å². The maximum atomic E-state index is 6.48. The molecule has 4 heteroatoms. The summed E-state index contributed by atoms with van der Waals surface area (Å²) in [7, 11) is 0. The third-order valence-corrected chi connectivity index (χ3v) is 4.86. The lowest BCUT2D eigenvalue weighted by atomic mass is 9.97. The fraction of sp³-hybridized carbons (Fsp3) is 0.727. The van der Waals surface area contributed by atoms with Crippen LogP contribution in [0.15, 0.2) is 24.3 Å². The highest BCUT2D eigenvalue weighted by Crippen LogP contribution is 2.28. The number of unbranched alkanes of at least 4 members (excludes halogenated alkanes) is 3. The van der Waals surface area contributed by atoms with E-state index in [0.29, 0.717) is 6.10 Å². The predicted octanol–water partition coefficient (Wildman–Crippen LogP) is 6.91. The number of hydrogen-bond acceptors (Lipinski definition) is 3. The van der Waals surface area contributed by atoms with E-state index < -0.39 is 0 Å². The highest BCUT2D eigenvalue weighted by molar-refractivity contribution is 5.73. The first-order valence-electron chi connectivity index (χ1n) is 10.3. The van der Waals surface area contributed by atoms with E-state index >= 15 is 0 Å². The van der Waals surface area contributed by atoms with Crippen LogP contribution in [0.3, 0.4) is 0 Å². The third-order valence-electron chi connectivity index (χ3n) is 4.86. The molecule has 1 unspecified atom stereocenters. The summed E-state index contributed by atoms with van der Waals surface area (Å²) in [5.74, 6) is 0. The molecule has 148 valence electrons. The maximum Gasteiger partial charge on any atom is 0.153 e. The van der Waals surface area contributed by atoms with Crippen molar-refractivity contribution in [1.29, 1.82) is 0 Å². The minimum Gasteiger partial charge on any atom is -0.353 e. The molecule has 1 aliphatic rings. The molecule has 0 saturated heterocycles. The molecule has 26 heavy (non-hydrogen) atoms. The summed E-state index contributed by atoms with van der Waals surface area (Å²) in [4.78, 5) is 0. The topological polar surface area (TPSA) is 39.9 Å². The quantitative estimate of drug-likeness (QED) is 0.479. The Kier molecular flexibility index (Phi) is 11.2. The fourth-order valence-electron chi connectivity index (χ4n) is 3.52. The first-order valence-corrected chi connectivity index (χ1v) is 10.3. The molecule has 1 aromatic heterocycles. The third kappa shape index (κ3) is 6.39. The largest absolute Gasteiger partial charge is 0.353 e. The Hall–Kier alpha value is -1.42. The number of aromatic nitrogens is 3. The first kappa shape index (κ1) is 22.6.